The van der Waals surface area contributed by atoms with E-state index >= 15 is 0 Å². The highest BCUT2D eigenvalue weighted by Crippen LogP contribution is 2.41. The molecule has 0 radical (unpaired) electrons. The minimum absolute atomic E-state index is 0.0374. The Morgan fingerprint density at radius 1 is 0.833 bits per heavy atom. The molecule has 0 unspecified atom stereocenters. The van der Waals surface area contributed by atoms with Crippen molar-refractivity contribution in [1.29, 1.82) is 0 Å². The number of nitrogens with zero attached hydrogens (tertiary/aromatic N) is 2. The van der Waals surface area contributed by atoms with Gasteiger partial charge >= 0.3 is 5.97 Å². The normalized spacial score (nSPS) is 12.0. The number of carboxylic acids is 1. The molecule has 0 bridgehead atoms. The fourth-order valence-electron chi connectivity index (χ4n) is 3.80. The lowest BCUT2D eigenvalue weighted by Gasteiger charge is -2.37. The van der Waals surface area contributed by atoms with Gasteiger partial charge in [-0.3, -0.25) is 0 Å². The number of halogens is 1. The minimum Gasteiger partial charge on any atom is -0.478 e. The zero-order valence-corrected chi connectivity index (χ0v) is 16.0. The lowest BCUT2D eigenvalue weighted by molar-refractivity contribution is -0.131. The number of imidazole rings is 1. The van der Waals surface area contributed by atoms with Gasteiger partial charge in [-0.15, -0.1) is 0 Å². The molecule has 1 aromatic heterocycles. The molecule has 30 heavy (non-hydrogen) atoms. The largest absolute Gasteiger partial charge is 0.478 e. The van der Waals surface area contributed by atoms with E-state index in [1.54, 1.807) is 6.20 Å². The number of hydrogen-bond acceptors (Lipinski definition) is 2. The average Bonchev–Trinajstić information content (AvgIpc) is 3.27. The van der Waals surface area contributed by atoms with Crippen LogP contribution in [-0.2, 0) is 10.3 Å². The van der Waals surface area contributed by atoms with E-state index in [0.29, 0.717) is 6.08 Å². The Balaban J connectivity index is 2.04. The van der Waals surface area contributed by atoms with Gasteiger partial charge in [0.05, 0.1) is 12.4 Å². The molecule has 0 aliphatic heterocycles. The summed E-state index contributed by atoms with van der Waals surface area (Å²) in [5.74, 6) is -2.26. The van der Waals surface area contributed by atoms with E-state index in [2.05, 4.69) is 4.98 Å². The molecule has 0 atom stereocenters. The van der Waals surface area contributed by atoms with Gasteiger partial charge in [0.2, 0.25) is 0 Å². The van der Waals surface area contributed by atoms with Crippen molar-refractivity contribution in [1.82, 2.24) is 9.55 Å². The molecule has 0 fully saturated rings. The summed E-state index contributed by atoms with van der Waals surface area (Å²) in [6, 6.07) is 29.7. The maximum atomic E-state index is 14.4. The molecule has 1 heterocycles. The van der Waals surface area contributed by atoms with Gasteiger partial charge < -0.3 is 9.67 Å². The van der Waals surface area contributed by atoms with Crippen molar-refractivity contribution in [3.05, 3.63) is 132 Å². The minimum atomic E-state index is -1.36. The molecule has 0 aliphatic carbocycles. The van der Waals surface area contributed by atoms with Crippen LogP contribution in [0.1, 0.15) is 22.4 Å². The van der Waals surface area contributed by atoms with Gasteiger partial charge in [0.1, 0.15) is 11.2 Å². The monoisotopic (exact) mass is 398 g/mol. The van der Waals surface area contributed by atoms with Gasteiger partial charge in [-0.2, -0.15) is 0 Å². The smallest absolute Gasteiger partial charge is 0.331 e. The molecule has 4 nitrogen and oxygen atoms in total. The summed E-state index contributed by atoms with van der Waals surface area (Å²) in [5, 5.41) is 8.89. The van der Waals surface area contributed by atoms with Crippen molar-refractivity contribution in [2.75, 3.05) is 0 Å². The summed E-state index contributed by atoms with van der Waals surface area (Å²) in [7, 11) is 0. The van der Waals surface area contributed by atoms with E-state index in [0.717, 1.165) is 16.7 Å². The SMILES string of the molecule is O=C(O)/C=C(/F)c1cn(C(c2ccccc2)(c2ccccc2)c2ccccc2)cn1. The Bertz CT molecular complexity index is 1070. The van der Waals surface area contributed by atoms with E-state index in [1.807, 2.05) is 95.6 Å². The molecular weight excluding hydrogens is 379 g/mol. The van der Waals surface area contributed by atoms with Crippen LogP contribution >= 0.6 is 0 Å². The summed E-state index contributed by atoms with van der Waals surface area (Å²) in [6.45, 7) is 0. The Hall–Kier alpha value is -3.99. The van der Waals surface area contributed by atoms with E-state index < -0.39 is 17.3 Å². The summed E-state index contributed by atoms with van der Waals surface area (Å²) < 4.78 is 16.2. The quantitative estimate of drug-likeness (QED) is 0.362. The number of hydrogen-bond donors (Lipinski definition) is 1. The van der Waals surface area contributed by atoms with E-state index in [1.165, 1.54) is 6.33 Å². The second-order valence-corrected chi connectivity index (χ2v) is 6.81. The molecule has 0 amide bonds. The van der Waals surface area contributed by atoms with Crippen LogP contribution in [0.2, 0.25) is 0 Å². The molecule has 148 valence electrons. The van der Waals surface area contributed by atoms with Crippen LogP contribution in [-0.4, -0.2) is 20.6 Å². The lowest BCUT2D eigenvalue weighted by Crippen LogP contribution is -2.36. The number of benzene rings is 3. The maximum absolute atomic E-state index is 14.4. The standard InChI is InChI=1S/C25H19FN2O2/c26-22(16-24(29)30)23-17-28(18-27-23)25(19-10-4-1-5-11-19,20-12-6-2-7-13-20)21-14-8-3-9-15-21/h1-18H,(H,29,30)/b22-16+. The first kappa shape index (κ1) is 19.3. The Morgan fingerprint density at radius 3 is 1.67 bits per heavy atom. The van der Waals surface area contributed by atoms with Gasteiger partial charge in [0, 0.05) is 6.20 Å². The highest BCUT2D eigenvalue weighted by Gasteiger charge is 2.38. The summed E-state index contributed by atoms with van der Waals surface area (Å²) in [4.78, 5) is 15.1. The molecule has 0 aliphatic rings. The van der Waals surface area contributed by atoms with E-state index in [9.17, 15) is 9.18 Å². The number of aromatic nitrogens is 2. The first-order valence-electron chi connectivity index (χ1n) is 9.44. The zero-order valence-electron chi connectivity index (χ0n) is 16.0. The highest BCUT2D eigenvalue weighted by molar-refractivity contribution is 5.87. The number of rotatable bonds is 6. The van der Waals surface area contributed by atoms with Gasteiger partial charge in [-0.1, -0.05) is 91.0 Å². The van der Waals surface area contributed by atoms with Gasteiger partial charge in [0.15, 0.2) is 5.83 Å². The van der Waals surface area contributed by atoms with Crippen molar-refractivity contribution >= 4 is 11.8 Å². The number of carboxylic acid groups (broad SMARTS) is 1. The van der Waals surface area contributed by atoms with Gasteiger partial charge in [0.25, 0.3) is 0 Å². The number of carbonyl (C=O) groups is 1. The highest BCUT2D eigenvalue weighted by atomic mass is 19.1. The first-order valence-corrected chi connectivity index (χ1v) is 9.44. The molecule has 1 N–H and O–H groups in total. The molecule has 4 rings (SSSR count). The summed E-state index contributed by atoms with van der Waals surface area (Å²) in [6.07, 6.45) is 3.60. The Morgan fingerprint density at radius 2 is 1.27 bits per heavy atom. The maximum Gasteiger partial charge on any atom is 0.331 e. The van der Waals surface area contributed by atoms with Crippen LogP contribution in [0.4, 0.5) is 4.39 Å². The van der Waals surface area contributed by atoms with Crippen LogP contribution in [0, 0.1) is 0 Å². The predicted octanol–water partition coefficient (Wildman–Crippen LogP) is 5.12. The third-order valence-electron chi connectivity index (χ3n) is 5.04. The van der Waals surface area contributed by atoms with Gasteiger partial charge in [-0.25, -0.2) is 14.2 Å². The average molecular weight is 398 g/mol. The molecule has 4 aromatic rings. The van der Waals surface area contributed by atoms with Crippen LogP contribution in [0.3, 0.4) is 0 Å². The second kappa shape index (κ2) is 8.17. The van der Waals surface area contributed by atoms with E-state index in [4.69, 9.17) is 5.11 Å². The first-order chi connectivity index (χ1) is 14.6. The van der Waals surface area contributed by atoms with Crippen LogP contribution < -0.4 is 0 Å². The molecular formula is C25H19FN2O2. The zero-order chi connectivity index (χ0) is 21.0. The second-order valence-electron chi connectivity index (χ2n) is 6.81. The summed E-state index contributed by atoms with van der Waals surface area (Å²) in [5.41, 5.74) is 2.04. The summed E-state index contributed by atoms with van der Waals surface area (Å²) >= 11 is 0. The molecule has 5 heteroatoms. The Labute approximate surface area is 173 Å². The van der Waals surface area contributed by atoms with Crippen LogP contribution in [0.15, 0.2) is 110 Å². The fraction of sp³-hybridized carbons (Fsp3) is 0.0400. The van der Waals surface area contributed by atoms with Crippen molar-refractivity contribution in [2.45, 2.75) is 5.54 Å². The molecule has 0 saturated carbocycles. The third-order valence-corrected chi connectivity index (χ3v) is 5.04. The lowest BCUT2D eigenvalue weighted by atomic mass is 9.77. The van der Waals surface area contributed by atoms with Crippen molar-refractivity contribution in [2.24, 2.45) is 0 Å². The van der Waals surface area contributed by atoms with Crippen molar-refractivity contribution < 1.29 is 14.3 Å². The fourth-order valence-corrected chi connectivity index (χ4v) is 3.80. The van der Waals surface area contributed by atoms with E-state index in [-0.39, 0.29) is 5.69 Å². The van der Waals surface area contributed by atoms with Gasteiger partial charge in [-0.05, 0) is 16.7 Å². The topological polar surface area (TPSA) is 55.1 Å². The molecule has 3 aromatic carbocycles. The van der Waals surface area contributed by atoms with Crippen molar-refractivity contribution in [3.8, 4) is 0 Å². The Kier molecular flexibility index (Phi) is 5.26. The molecule has 0 saturated heterocycles. The van der Waals surface area contributed by atoms with Crippen molar-refractivity contribution in [3.63, 3.8) is 0 Å². The molecule has 0 spiro atoms. The van der Waals surface area contributed by atoms with Crippen LogP contribution in [0.5, 0.6) is 0 Å². The van der Waals surface area contributed by atoms with Crippen LogP contribution in [0.25, 0.3) is 5.83 Å². The third kappa shape index (κ3) is 3.42. The predicted molar refractivity (Wildman–Crippen MR) is 114 cm³/mol. The number of aliphatic carboxylic acids is 1.